The molecule has 5 nitrogen and oxygen atoms in total. The highest BCUT2D eigenvalue weighted by atomic mass is 19.1. The molecule has 2 amide bonds. The van der Waals surface area contributed by atoms with Gasteiger partial charge in [-0.2, -0.15) is 0 Å². The van der Waals surface area contributed by atoms with Crippen molar-refractivity contribution in [2.75, 3.05) is 7.11 Å². The van der Waals surface area contributed by atoms with Gasteiger partial charge in [0, 0.05) is 19.0 Å². The number of ether oxygens (including phenoxy) is 1. The maximum atomic E-state index is 13.2. The summed E-state index contributed by atoms with van der Waals surface area (Å²) in [7, 11) is 1.60. The zero-order chi connectivity index (χ0) is 20.7. The lowest BCUT2D eigenvalue weighted by Crippen LogP contribution is -2.48. The van der Waals surface area contributed by atoms with Crippen molar-refractivity contribution in [1.82, 2.24) is 10.2 Å². The van der Waals surface area contributed by atoms with Crippen molar-refractivity contribution in [3.8, 4) is 5.75 Å². The van der Waals surface area contributed by atoms with E-state index in [1.165, 1.54) is 17.0 Å². The Morgan fingerprint density at radius 2 is 1.57 bits per heavy atom. The molecule has 0 spiro atoms. The number of hydrogen-bond donors (Lipinski definition) is 1. The number of hydrogen-bond acceptors (Lipinski definition) is 3. The number of benzene rings is 2. The normalized spacial score (nSPS) is 11.8. The average molecular weight is 386 g/mol. The first kappa shape index (κ1) is 21.4. The topological polar surface area (TPSA) is 58.6 Å². The third-order valence-corrected chi connectivity index (χ3v) is 4.52. The smallest absolute Gasteiger partial charge is 0.242 e. The van der Waals surface area contributed by atoms with E-state index in [0.29, 0.717) is 6.54 Å². The lowest BCUT2D eigenvalue weighted by atomic mass is 10.1. The van der Waals surface area contributed by atoms with E-state index < -0.39 is 6.04 Å². The molecule has 6 heteroatoms. The van der Waals surface area contributed by atoms with Gasteiger partial charge in [0.15, 0.2) is 0 Å². The van der Waals surface area contributed by atoms with E-state index in [-0.39, 0.29) is 30.1 Å². The number of nitrogens with zero attached hydrogens (tertiary/aromatic N) is 1. The quantitative estimate of drug-likeness (QED) is 0.755. The van der Waals surface area contributed by atoms with Crippen LogP contribution in [0.2, 0.25) is 0 Å². The Kier molecular flexibility index (Phi) is 7.55. The standard InChI is InChI=1S/C22H27FN2O3/c1-15(2)22(27)25(14-18-5-9-19(23)10-6-18)16(3)21(26)24-13-17-7-11-20(28-4)12-8-17/h5-12,15-16H,13-14H2,1-4H3,(H,24,26)/t16-/m1/s1. The molecular weight excluding hydrogens is 359 g/mol. The Bertz CT molecular complexity index is 788. The van der Waals surface area contributed by atoms with Crippen molar-refractivity contribution in [2.45, 2.75) is 39.9 Å². The Morgan fingerprint density at radius 3 is 2.11 bits per heavy atom. The molecule has 0 aliphatic rings. The second-order valence-electron chi connectivity index (χ2n) is 6.99. The Balaban J connectivity index is 2.06. The highest BCUT2D eigenvalue weighted by molar-refractivity contribution is 5.88. The summed E-state index contributed by atoms with van der Waals surface area (Å²) in [4.78, 5) is 26.9. The molecule has 2 rings (SSSR count). The number of rotatable bonds is 8. The van der Waals surface area contributed by atoms with Crippen LogP contribution in [0.5, 0.6) is 5.75 Å². The van der Waals surface area contributed by atoms with Crippen molar-refractivity contribution in [3.05, 3.63) is 65.5 Å². The maximum Gasteiger partial charge on any atom is 0.242 e. The predicted molar refractivity (Wildman–Crippen MR) is 106 cm³/mol. The second-order valence-corrected chi connectivity index (χ2v) is 6.99. The Morgan fingerprint density at radius 1 is 1.00 bits per heavy atom. The highest BCUT2D eigenvalue weighted by Gasteiger charge is 2.27. The summed E-state index contributed by atoms with van der Waals surface area (Å²) in [5.74, 6) is -0.215. The van der Waals surface area contributed by atoms with Gasteiger partial charge in [-0.15, -0.1) is 0 Å². The first-order chi connectivity index (χ1) is 13.3. The van der Waals surface area contributed by atoms with Gasteiger partial charge in [-0.05, 0) is 42.3 Å². The zero-order valence-electron chi connectivity index (χ0n) is 16.7. The minimum atomic E-state index is -0.654. The van der Waals surface area contributed by atoms with E-state index in [1.54, 1.807) is 40.0 Å². The number of carbonyl (C=O) groups is 2. The van der Waals surface area contributed by atoms with E-state index in [9.17, 15) is 14.0 Å². The van der Waals surface area contributed by atoms with Crippen LogP contribution < -0.4 is 10.1 Å². The van der Waals surface area contributed by atoms with Gasteiger partial charge in [0.05, 0.1) is 7.11 Å². The Hall–Kier alpha value is -2.89. The monoisotopic (exact) mass is 386 g/mol. The Labute approximate surface area is 165 Å². The van der Waals surface area contributed by atoms with Crippen LogP contribution in [0.4, 0.5) is 4.39 Å². The molecule has 0 saturated carbocycles. The predicted octanol–water partition coefficient (Wildman–Crippen LogP) is 3.52. The third kappa shape index (κ3) is 5.81. The molecule has 0 aliphatic carbocycles. The van der Waals surface area contributed by atoms with E-state index >= 15 is 0 Å². The minimum absolute atomic E-state index is 0.128. The molecular formula is C22H27FN2O3. The molecule has 0 heterocycles. The number of nitrogens with one attached hydrogen (secondary N) is 1. The summed E-state index contributed by atoms with van der Waals surface area (Å²) in [6.07, 6.45) is 0. The lowest BCUT2D eigenvalue weighted by Gasteiger charge is -2.30. The summed E-state index contributed by atoms with van der Waals surface area (Å²) in [6, 6.07) is 12.7. The number of methoxy groups -OCH3 is 1. The summed E-state index contributed by atoms with van der Waals surface area (Å²) >= 11 is 0. The fraction of sp³-hybridized carbons (Fsp3) is 0.364. The van der Waals surface area contributed by atoms with Crippen LogP contribution in [-0.2, 0) is 22.7 Å². The summed E-state index contributed by atoms with van der Waals surface area (Å²) in [5, 5.41) is 2.87. The van der Waals surface area contributed by atoms with Gasteiger partial charge in [0.1, 0.15) is 17.6 Å². The fourth-order valence-electron chi connectivity index (χ4n) is 2.75. The van der Waals surface area contributed by atoms with E-state index in [4.69, 9.17) is 4.74 Å². The molecule has 0 fully saturated rings. The van der Waals surface area contributed by atoms with Crippen molar-refractivity contribution >= 4 is 11.8 Å². The van der Waals surface area contributed by atoms with E-state index in [2.05, 4.69) is 5.32 Å². The van der Waals surface area contributed by atoms with Crippen LogP contribution >= 0.6 is 0 Å². The fourth-order valence-corrected chi connectivity index (χ4v) is 2.75. The van der Waals surface area contributed by atoms with E-state index in [1.807, 2.05) is 24.3 Å². The van der Waals surface area contributed by atoms with Gasteiger partial charge >= 0.3 is 0 Å². The van der Waals surface area contributed by atoms with Crippen LogP contribution in [0.3, 0.4) is 0 Å². The van der Waals surface area contributed by atoms with Gasteiger partial charge < -0.3 is 15.0 Å². The molecule has 0 saturated heterocycles. The molecule has 150 valence electrons. The molecule has 0 radical (unpaired) electrons. The lowest BCUT2D eigenvalue weighted by molar-refractivity contribution is -0.143. The molecule has 2 aromatic carbocycles. The molecule has 0 unspecified atom stereocenters. The van der Waals surface area contributed by atoms with Crippen molar-refractivity contribution < 1.29 is 18.7 Å². The van der Waals surface area contributed by atoms with Crippen LogP contribution in [0.15, 0.2) is 48.5 Å². The van der Waals surface area contributed by atoms with Crippen molar-refractivity contribution in [3.63, 3.8) is 0 Å². The van der Waals surface area contributed by atoms with Crippen LogP contribution in [-0.4, -0.2) is 29.9 Å². The molecule has 2 aromatic rings. The van der Waals surface area contributed by atoms with Crippen LogP contribution in [0, 0.1) is 11.7 Å². The first-order valence-electron chi connectivity index (χ1n) is 9.27. The minimum Gasteiger partial charge on any atom is -0.497 e. The number of amides is 2. The maximum absolute atomic E-state index is 13.2. The summed E-state index contributed by atoms with van der Waals surface area (Å²) in [5.41, 5.74) is 1.70. The molecule has 0 aromatic heterocycles. The highest BCUT2D eigenvalue weighted by Crippen LogP contribution is 2.15. The number of carbonyl (C=O) groups excluding carboxylic acids is 2. The number of halogens is 1. The first-order valence-corrected chi connectivity index (χ1v) is 9.27. The van der Waals surface area contributed by atoms with Crippen molar-refractivity contribution in [1.29, 1.82) is 0 Å². The second kappa shape index (κ2) is 9.88. The molecule has 28 heavy (non-hydrogen) atoms. The van der Waals surface area contributed by atoms with Crippen LogP contribution in [0.1, 0.15) is 31.9 Å². The zero-order valence-corrected chi connectivity index (χ0v) is 16.7. The molecule has 1 N–H and O–H groups in total. The SMILES string of the molecule is COc1ccc(CNC(=O)[C@@H](C)N(Cc2ccc(F)cc2)C(=O)C(C)C)cc1. The van der Waals surface area contributed by atoms with Gasteiger partial charge in [-0.3, -0.25) is 9.59 Å². The third-order valence-electron chi connectivity index (χ3n) is 4.52. The summed E-state index contributed by atoms with van der Waals surface area (Å²) in [6.45, 7) is 5.89. The van der Waals surface area contributed by atoms with Crippen LogP contribution in [0.25, 0.3) is 0 Å². The molecule has 0 aliphatic heterocycles. The van der Waals surface area contributed by atoms with E-state index in [0.717, 1.165) is 16.9 Å². The average Bonchev–Trinajstić information content (AvgIpc) is 2.70. The van der Waals surface area contributed by atoms with Gasteiger partial charge in [-0.1, -0.05) is 38.1 Å². The summed E-state index contributed by atoms with van der Waals surface area (Å²) < 4.78 is 18.3. The van der Waals surface area contributed by atoms with Gasteiger partial charge in [0.25, 0.3) is 0 Å². The van der Waals surface area contributed by atoms with Crippen molar-refractivity contribution in [2.24, 2.45) is 5.92 Å². The van der Waals surface area contributed by atoms with Gasteiger partial charge in [-0.25, -0.2) is 4.39 Å². The molecule has 0 bridgehead atoms. The van der Waals surface area contributed by atoms with Gasteiger partial charge in [0.2, 0.25) is 11.8 Å². The molecule has 1 atom stereocenters. The largest absolute Gasteiger partial charge is 0.497 e.